The summed E-state index contributed by atoms with van der Waals surface area (Å²) in [6.07, 6.45) is 9.04. The molecule has 2 rings (SSSR count). The number of hydrogen-bond acceptors (Lipinski definition) is 2. The third-order valence-corrected chi connectivity index (χ3v) is 3.93. The average Bonchev–Trinajstić information content (AvgIpc) is 2.68. The summed E-state index contributed by atoms with van der Waals surface area (Å²) in [6.45, 7) is 2.25. The summed E-state index contributed by atoms with van der Waals surface area (Å²) < 4.78 is 5.34. The van der Waals surface area contributed by atoms with Crippen LogP contribution in [-0.2, 0) is 6.42 Å². The van der Waals surface area contributed by atoms with Gasteiger partial charge in [0.2, 0.25) is 0 Å². The van der Waals surface area contributed by atoms with Crippen molar-refractivity contribution in [2.24, 2.45) is 5.92 Å². The average molecular weight is 222 g/mol. The maximum Gasteiger partial charge on any atom is 0.106 e. The Bertz CT molecular complexity index is 305. The van der Waals surface area contributed by atoms with Gasteiger partial charge in [-0.15, -0.1) is 0 Å². The molecular weight excluding hydrogens is 200 g/mol. The topological polar surface area (TPSA) is 33.4 Å². The van der Waals surface area contributed by atoms with E-state index in [-0.39, 0.29) is 0 Å². The van der Waals surface area contributed by atoms with Gasteiger partial charge in [0.15, 0.2) is 0 Å². The Hall–Kier alpha value is -0.760. The van der Waals surface area contributed by atoms with Crippen molar-refractivity contribution in [3.05, 3.63) is 24.2 Å². The molecule has 1 aromatic heterocycles. The van der Waals surface area contributed by atoms with Gasteiger partial charge in [0.1, 0.15) is 5.76 Å². The van der Waals surface area contributed by atoms with Crippen LogP contribution in [0.2, 0.25) is 0 Å². The van der Waals surface area contributed by atoms with Gasteiger partial charge in [-0.3, -0.25) is 0 Å². The van der Waals surface area contributed by atoms with Crippen LogP contribution in [0.15, 0.2) is 22.8 Å². The van der Waals surface area contributed by atoms with E-state index in [9.17, 15) is 5.11 Å². The molecule has 1 fully saturated rings. The molecule has 1 saturated carbocycles. The van der Waals surface area contributed by atoms with Crippen molar-refractivity contribution >= 4 is 0 Å². The minimum atomic E-state index is -0.526. The fraction of sp³-hybridized carbons (Fsp3) is 0.714. The van der Waals surface area contributed by atoms with Crippen molar-refractivity contribution in [3.63, 3.8) is 0 Å². The Kier molecular flexibility index (Phi) is 3.70. The molecule has 0 amide bonds. The highest BCUT2D eigenvalue weighted by molar-refractivity contribution is 5.03. The Labute approximate surface area is 97.7 Å². The van der Waals surface area contributed by atoms with Gasteiger partial charge in [0.25, 0.3) is 0 Å². The van der Waals surface area contributed by atoms with Crippen molar-refractivity contribution in [2.45, 2.75) is 57.5 Å². The van der Waals surface area contributed by atoms with Crippen molar-refractivity contribution in [3.8, 4) is 0 Å². The van der Waals surface area contributed by atoms with Crippen molar-refractivity contribution in [1.82, 2.24) is 0 Å². The fourth-order valence-corrected chi connectivity index (χ4v) is 2.78. The van der Waals surface area contributed by atoms with Crippen LogP contribution in [0.25, 0.3) is 0 Å². The van der Waals surface area contributed by atoms with Crippen LogP contribution in [0.5, 0.6) is 0 Å². The third kappa shape index (κ3) is 2.88. The second kappa shape index (κ2) is 5.05. The molecule has 2 nitrogen and oxygen atoms in total. The molecule has 1 heterocycles. The summed E-state index contributed by atoms with van der Waals surface area (Å²) in [5, 5.41) is 10.6. The van der Waals surface area contributed by atoms with Crippen LogP contribution >= 0.6 is 0 Å². The molecule has 2 unspecified atom stereocenters. The monoisotopic (exact) mass is 222 g/mol. The summed E-state index contributed by atoms with van der Waals surface area (Å²) in [5.41, 5.74) is -0.526. The van der Waals surface area contributed by atoms with Gasteiger partial charge in [-0.1, -0.05) is 26.2 Å². The van der Waals surface area contributed by atoms with Gasteiger partial charge in [-0.05, 0) is 37.3 Å². The lowest BCUT2D eigenvalue weighted by Gasteiger charge is -2.25. The molecule has 1 aliphatic carbocycles. The maximum absolute atomic E-state index is 10.6. The zero-order valence-corrected chi connectivity index (χ0v) is 10.1. The molecule has 2 heteroatoms. The first-order valence-electron chi connectivity index (χ1n) is 6.46. The molecule has 1 aliphatic rings. The van der Waals surface area contributed by atoms with Crippen molar-refractivity contribution in [2.75, 3.05) is 0 Å². The van der Waals surface area contributed by atoms with E-state index in [0.29, 0.717) is 6.42 Å². The summed E-state index contributed by atoms with van der Waals surface area (Å²) in [7, 11) is 0. The van der Waals surface area contributed by atoms with E-state index in [1.165, 1.54) is 12.8 Å². The molecule has 2 atom stereocenters. The molecule has 0 spiro atoms. The third-order valence-electron chi connectivity index (χ3n) is 3.93. The standard InChI is InChI=1S/C14H22O2/c1-2-12-5-3-8-14(15,9-7-12)11-13-6-4-10-16-13/h4,6,10,12,15H,2-3,5,7-9,11H2,1H3. The molecule has 0 saturated heterocycles. The van der Waals surface area contributed by atoms with E-state index in [1.54, 1.807) is 6.26 Å². The lowest BCUT2D eigenvalue weighted by Crippen LogP contribution is -2.30. The van der Waals surface area contributed by atoms with Gasteiger partial charge in [0, 0.05) is 6.42 Å². The van der Waals surface area contributed by atoms with Gasteiger partial charge in [-0.25, -0.2) is 0 Å². The van der Waals surface area contributed by atoms with Gasteiger partial charge >= 0.3 is 0 Å². The van der Waals surface area contributed by atoms with E-state index in [2.05, 4.69) is 6.92 Å². The normalized spacial score (nSPS) is 31.2. The van der Waals surface area contributed by atoms with E-state index < -0.39 is 5.60 Å². The predicted molar refractivity (Wildman–Crippen MR) is 64.2 cm³/mol. The van der Waals surface area contributed by atoms with E-state index in [0.717, 1.165) is 37.4 Å². The summed E-state index contributed by atoms with van der Waals surface area (Å²) in [5.74, 6) is 1.73. The van der Waals surface area contributed by atoms with Gasteiger partial charge in [0.05, 0.1) is 11.9 Å². The Morgan fingerprint density at radius 3 is 3.00 bits per heavy atom. The minimum absolute atomic E-state index is 0.526. The molecule has 0 bridgehead atoms. The fourth-order valence-electron chi connectivity index (χ4n) is 2.78. The van der Waals surface area contributed by atoms with Crippen LogP contribution in [0.4, 0.5) is 0 Å². The zero-order chi connectivity index (χ0) is 11.4. The van der Waals surface area contributed by atoms with Crippen molar-refractivity contribution < 1.29 is 9.52 Å². The van der Waals surface area contributed by atoms with Crippen LogP contribution in [-0.4, -0.2) is 10.7 Å². The molecule has 0 aromatic carbocycles. The predicted octanol–water partition coefficient (Wildman–Crippen LogP) is 3.54. The molecule has 0 aliphatic heterocycles. The van der Waals surface area contributed by atoms with Gasteiger partial charge < -0.3 is 9.52 Å². The molecule has 1 N–H and O–H groups in total. The molecular formula is C14H22O2. The lowest BCUT2D eigenvalue weighted by atomic mass is 9.89. The minimum Gasteiger partial charge on any atom is -0.469 e. The Morgan fingerprint density at radius 2 is 2.31 bits per heavy atom. The quantitative estimate of drug-likeness (QED) is 0.793. The van der Waals surface area contributed by atoms with Crippen LogP contribution in [0.3, 0.4) is 0 Å². The first-order valence-corrected chi connectivity index (χ1v) is 6.46. The summed E-state index contributed by atoms with van der Waals surface area (Å²) in [6, 6.07) is 3.85. The van der Waals surface area contributed by atoms with Crippen molar-refractivity contribution in [1.29, 1.82) is 0 Å². The molecule has 16 heavy (non-hydrogen) atoms. The number of furan rings is 1. The molecule has 1 aromatic rings. The number of hydrogen-bond donors (Lipinski definition) is 1. The summed E-state index contributed by atoms with van der Waals surface area (Å²) in [4.78, 5) is 0. The van der Waals surface area contributed by atoms with Crippen LogP contribution in [0, 0.1) is 5.92 Å². The SMILES string of the molecule is CCC1CCCC(O)(Cc2ccco2)CC1. The van der Waals surface area contributed by atoms with Gasteiger partial charge in [-0.2, -0.15) is 0 Å². The largest absolute Gasteiger partial charge is 0.469 e. The highest BCUT2D eigenvalue weighted by Gasteiger charge is 2.31. The van der Waals surface area contributed by atoms with E-state index >= 15 is 0 Å². The zero-order valence-electron chi connectivity index (χ0n) is 10.1. The molecule has 0 radical (unpaired) electrons. The first-order chi connectivity index (χ1) is 7.72. The van der Waals surface area contributed by atoms with Crippen LogP contribution in [0.1, 0.15) is 51.2 Å². The van der Waals surface area contributed by atoms with E-state index in [1.807, 2.05) is 12.1 Å². The lowest BCUT2D eigenvalue weighted by molar-refractivity contribution is 0.0196. The second-order valence-electron chi connectivity index (χ2n) is 5.19. The number of aliphatic hydroxyl groups is 1. The molecule has 90 valence electrons. The highest BCUT2D eigenvalue weighted by atomic mass is 16.3. The summed E-state index contributed by atoms with van der Waals surface area (Å²) >= 11 is 0. The number of rotatable bonds is 3. The Morgan fingerprint density at radius 1 is 1.44 bits per heavy atom. The van der Waals surface area contributed by atoms with E-state index in [4.69, 9.17) is 4.42 Å². The Balaban J connectivity index is 1.96. The second-order valence-corrected chi connectivity index (χ2v) is 5.19. The van der Waals surface area contributed by atoms with Crippen LogP contribution < -0.4 is 0 Å². The smallest absolute Gasteiger partial charge is 0.106 e. The maximum atomic E-state index is 10.6. The first kappa shape index (κ1) is 11.7. The highest BCUT2D eigenvalue weighted by Crippen LogP contribution is 2.34.